The van der Waals surface area contributed by atoms with Crippen LogP contribution in [0.15, 0.2) is 36.9 Å². The largest absolute Gasteiger partial charge is 0.364 e. The molecule has 0 aliphatic heterocycles. The highest BCUT2D eigenvalue weighted by Crippen LogP contribution is 2.26. The average molecular weight is 281 g/mol. The van der Waals surface area contributed by atoms with Gasteiger partial charge in [0.05, 0.1) is 6.33 Å². The van der Waals surface area contributed by atoms with E-state index in [0.717, 1.165) is 17.0 Å². The topological polar surface area (TPSA) is 66.5 Å². The second kappa shape index (κ2) is 5.16. The summed E-state index contributed by atoms with van der Waals surface area (Å²) in [6, 6.07) is 8.48. The highest BCUT2D eigenvalue weighted by Gasteiger charge is 2.17. The van der Waals surface area contributed by atoms with Gasteiger partial charge in [0.25, 0.3) is 0 Å². The number of imidazole rings is 1. The monoisotopic (exact) mass is 281 g/mol. The van der Waals surface area contributed by atoms with Crippen molar-refractivity contribution in [2.75, 3.05) is 5.32 Å². The normalized spacial score (nSPS) is 11.8. The molecule has 0 saturated carbocycles. The Bertz CT molecular complexity index is 754. The smallest absolute Gasteiger partial charge is 0.162 e. The summed E-state index contributed by atoms with van der Waals surface area (Å²) in [5, 5.41) is 3.37. The molecule has 108 valence electrons. The highest BCUT2D eigenvalue weighted by atomic mass is 15.1. The van der Waals surface area contributed by atoms with E-state index >= 15 is 0 Å². The van der Waals surface area contributed by atoms with Crippen LogP contribution in [0.25, 0.3) is 11.2 Å². The molecular weight excluding hydrogens is 262 g/mol. The third-order valence-electron chi connectivity index (χ3n) is 3.49. The van der Waals surface area contributed by atoms with Gasteiger partial charge in [0.2, 0.25) is 0 Å². The summed E-state index contributed by atoms with van der Waals surface area (Å²) in [7, 11) is 0. The van der Waals surface area contributed by atoms with Crippen molar-refractivity contribution in [2.24, 2.45) is 0 Å². The van der Waals surface area contributed by atoms with Gasteiger partial charge >= 0.3 is 0 Å². The number of nitrogens with zero attached hydrogens (tertiary/aromatic N) is 3. The summed E-state index contributed by atoms with van der Waals surface area (Å²) in [6.45, 7) is 7.39. The first-order chi connectivity index (χ1) is 10.1. The Labute approximate surface area is 123 Å². The summed E-state index contributed by atoms with van der Waals surface area (Å²) >= 11 is 0. The van der Waals surface area contributed by atoms with Gasteiger partial charge in [-0.05, 0) is 16.5 Å². The number of aromatic amines is 1. The molecule has 2 heterocycles. The summed E-state index contributed by atoms with van der Waals surface area (Å²) in [5.74, 6) is 0.755. The number of anilines is 1. The van der Waals surface area contributed by atoms with Crippen molar-refractivity contribution in [3.05, 3.63) is 48.0 Å². The molecule has 0 radical (unpaired) electrons. The SMILES string of the molecule is CC(C)(C)c1ccccc1CNc1ncnc2[nH]cnc12. The van der Waals surface area contributed by atoms with Crippen LogP contribution in [0.2, 0.25) is 0 Å². The summed E-state index contributed by atoms with van der Waals surface area (Å²) < 4.78 is 0. The number of fused-ring (bicyclic) bond motifs is 1. The number of benzene rings is 1. The van der Waals surface area contributed by atoms with E-state index in [1.807, 2.05) is 0 Å². The summed E-state index contributed by atoms with van der Waals surface area (Å²) in [4.78, 5) is 15.7. The number of rotatable bonds is 3. The number of H-pyrrole nitrogens is 1. The Morgan fingerprint density at radius 2 is 1.90 bits per heavy atom. The zero-order chi connectivity index (χ0) is 14.9. The Kier molecular flexibility index (Phi) is 3.33. The number of hydrogen-bond donors (Lipinski definition) is 2. The summed E-state index contributed by atoms with van der Waals surface area (Å²) in [6.07, 6.45) is 3.17. The van der Waals surface area contributed by atoms with Gasteiger partial charge in [-0.15, -0.1) is 0 Å². The van der Waals surface area contributed by atoms with Crippen LogP contribution in [0.3, 0.4) is 0 Å². The molecule has 0 saturated heterocycles. The van der Waals surface area contributed by atoms with Gasteiger partial charge in [-0.3, -0.25) is 0 Å². The van der Waals surface area contributed by atoms with Gasteiger partial charge in [0, 0.05) is 6.54 Å². The average Bonchev–Trinajstić information content (AvgIpc) is 2.93. The van der Waals surface area contributed by atoms with Gasteiger partial charge in [-0.1, -0.05) is 45.0 Å². The lowest BCUT2D eigenvalue weighted by atomic mass is 9.84. The molecule has 3 rings (SSSR count). The molecule has 0 spiro atoms. The first-order valence-corrected chi connectivity index (χ1v) is 7.02. The fraction of sp³-hybridized carbons (Fsp3) is 0.312. The molecule has 0 aliphatic rings. The first-order valence-electron chi connectivity index (χ1n) is 7.02. The predicted octanol–water partition coefficient (Wildman–Crippen LogP) is 3.26. The third kappa shape index (κ3) is 2.72. The van der Waals surface area contributed by atoms with Crippen molar-refractivity contribution in [1.29, 1.82) is 0 Å². The molecule has 21 heavy (non-hydrogen) atoms. The van der Waals surface area contributed by atoms with Crippen LogP contribution in [-0.4, -0.2) is 19.9 Å². The van der Waals surface area contributed by atoms with Crippen molar-refractivity contribution >= 4 is 17.0 Å². The van der Waals surface area contributed by atoms with E-state index in [4.69, 9.17) is 0 Å². The molecule has 0 fully saturated rings. The fourth-order valence-electron chi connectivity index (χ4n) is 2.48. The first kappa shape index (κ1) is 13.5. The van der Waals surface area contributed by atoms with Crippen LogP contribution in [0.1, 0.15) is 31.9 Å². The van der Waals surface area contributed by atoms with Crippen LogP contribution < -0.4 is 5.32 Å². The minimum Gasteiger partial charge on any atom is -0.364 e. The molecule has 0 amide bonds. The van der Waals surface area contributed by atoms with Gasteiger partial charge in [0.15, 0.2) is 11.5 Å². The van der Waals surface area contributed by atoms with E-state index < -0.39 is 0 Å². The maximum Gasteiger partial charge on any atom is 0.162 e. The van der Waals surface area contributed by atoms with Crippen LogP contribution in [0.5, 0.6) is 0 Å². The van der Waals surface area contributed by atoms with Crippen molar-refractivity contribution in [3.63, 3.8) is 0 Å². The second-order valence-corrected chi connectivity index (χ2v) is 6.08. The summed E-state index contributed by atoms with van der Waals surface area (Å²) in [5.41, 5.74) is 4.24. The standard InChI is InChI=1S/C16H19N5/c1-16(2,3)12-7-5-4-6-11(12)8-17-14-13-15(19-9-18-13)21-10-20-14/h4-7,9-10H,8H2,1-3H3,(H2,17,18,19,20,21). The molecule has 5 heteroatoms. The van der Waals surface area contributed by atoms with Crippen LogP contribution in [0.4, 0.5) is 5.82 Å². The molecule has 0 bridgehead atoms. The van der Waals surface area contributed by atoms with E-state index in [0.29, 0.717) is 6.54 Å². The number of nitrogens with one attached hydrogen (secondary N) is 2. The molecular formula is C16H19N5. The predicted molar refractivity (Wildman–Crippen MR) is 84.2 cm³/mol. The maximum absolute atomic E-state index is 4.28. The molecule has 2 aromatic heterocycles. The van der Waals surface area contributed by atoms with Gasteiger partial charge in [-0.2, -0.15) is 0 Å². The molecule has 5 nitrogen and oxygen atoms in total. The fourth-order valence-corrected chi connectivity index (χ4v) is 2.48. The second-order valence-electron chi connectivity index (χ2n) is 6.08. The van der Waals surface area contributed by atoms with Crippen LogP contribution in [-0.2, 0) is 12.0 Å². The number of aromatic nitrogens is 4. The van der Waals surface area contributed by atoms with E-state index in [2.05, 4.69) is 70.3 Å². The Morgan fingerprint density at radius 1 is 1.10 bits per heavy atom. The Balaban J connectivity index is 1.87. The van der Waals surface area contributed by atoms with E-state index in [9.17, 15) is 0 Å². The Hall–Kier alpha value is -2.43. The quantitative estimate of drug-likeness (QED) is 0.773. The van der Waals surface area contributed by atoms with Gasteiger partial charge in [-0.25, -0.2) is 15.0 Å². The van der Waals surface area contributed by atoms with Crippen LogP contribution in [0, 0.1) is 0 Å². The van der Waals surface area contributed by atoms with Crippen molar-refractivity contribution in [1.82, 2.24) is 19.9 Å². The lowest BCUT2D eigenvalue weighted by Crippen LogP contribution is -2.16. The highest BCUT2D eigenvalue weighted by molar-refractivity contribution is 5.81. The van der Waals surface area contributed by atoms with Gasteiger partial charge < -0.3 is 10.3 Å². The van der Waals surface area contributed by atoms with Crippen molar-refractivity contribution in [3.8, 4) is 0 Å². The zero-order valence-electron chi connectivity index (χ0n) is 12.5. The number of hydrogen-bond acceptors (Lipinski definition) is 4. The molecule has 0 aliphatic carbocycles. The zero-order valence-corrected chi connectivity index (χ0v) is 12.5. The lowest BCUT2D eigenvalue weighted by molar-refractivity contribution is 0.583. The minimum atomic E-state index is 0.117. The van der Waals surface area contributed by atoms with Gasteiger partial charge in [0.1, 0.15) is 11.8 Å². The van der Waals surface area contributed by atoms with Crippen molar-refractivity contribution in [2.45, 2.75) is 32.7 Å². The Morgan fingerprint density at radius 3 is 2.71 bits per heavy atom. The van der Waals surface area contributed by atoms with E-state index in [1.54, 1.807) is 12.7 Å². The lowest BCUT2D eigenvalue weighted by Gasteiger charge is -2.23. The molecule has 1 aromatic carbocycles. The third-order valence-corrected chi connectivity index (χ3v) is 3.49. The van der Waals surface area contributed by atoms with E-state index in [1.165, 1.54) is 11.1 Å². The maximum atomic E-state index is 4.28. The van der Waals surface area contributed by atoms with Crippen LogP contribution >= 0.6 is 0 Å². The minimum absolute atomic E-state index is 0.117. The molecule has 3 aromatic rings. The van der Waals surface area contributed by atoms with E-state index in [-0.39, 0.29) is 5.41 Å². The molecule has 0 unspecified atom stereocenters. The van der Waals surface area contributed by atoms with Crippen molar-refractivity contribution < 1.29 is 0 Å². The molecule has 0 atom stereocenters. The molecule has 2 N–H and O–H groups in total.